The summed E-state index contributed by atoms with van der Waals surface area (Å²) in [6.45, 7) is 3.39. The van der Waals surface area contributed by atoms with E-state index in [1.165, 1.54) is 0 Å². The fraction of sp³-hybridized carbons (Fsp3) is 0.167. The first-order valence-electron chi connectivity index (χ1n) is 7.70. The Balaban J connectivity index is 1.62. The molecule has 0 fully saturated rings. The van der Waals surface area contributed by atoms with Gasteiger partial charge < -0.3 is 19.3 Å². The zero-order valence-corrected chi connectivity index (χ0v) is 13.8. The Morgan fingerprint density at radius 1 is 1.16 bits per heavy atom. The lowest BCUT2D eigenvalue weighted by Gasteiger charge is -2.14. The largest absolute Gasteiger partial charge is 0.481 e. The SMILES string of the molecule is Cc1cc(NC(=O)[C@@H](C)Oc2cccc(Oc3ccccn3)c2)no1. The fourth-order valence-corrected chi connectivity index (χ4v) is 2.05. The lowest BCUT2D eigenvalue weighted by Crippen LogP contribution is -2.30. The minimum absolute atomic E-state index is 0.329. The van der Waals surface area contributed by atoms with E-state index in [2.05, 4.69) is 15.5 Å². The average molecular weight is 339 g/mol. The summed E-state index contributed by atoms with van der Waals surface area (Å²) in [5, 5.41) is 6.34. The van der Waals surface area contributed by atoms with Crippen molar-refractivity contribution in [2.24, 2.45) is 0 Å². The monoisotopic (exact) mass is 339 g/mol. The maximum absolute atomic E-state index is 12.1. The lowest BCUT2D eigenvalue weighted by atomic mass is 10.3. The third kappa shape index (κ3) is 4.57. The van der Waals surface area contributed by atoms with Gasteiger partial charge in [-0.05, 0) is 32.0 Å². The van der Waals surface area contributed by atoms with E-state index in [0.717, 1.165) is 0 Å². The van der Waals surface area contributed by atoms with E-state index in [4.69, 9.17) is 14.0 Å². The van der Waals surface area contributed by atoms with Gasteiger partial charge in [0.15, 0.2) is 11.9 Å². The molecule has 2 aromatic heterocycles. The Labute approximate surface area is 144 Å². The smallest absolute Gasteiger partial charge is 0.266 e. The number of hydrogen-bond acceptors (Lipinski definition) is 6. The summed E-state index contributed by atoms with van der Waals surface area (Å²) in [6.07, 6.45) is 0.926. The Morgan fingerprint density at radius 3 is 2.72 bits per heavy atom. The molecule has 7 heteroatoms. The Bertz CT molecular complexity index is 848. The first kappa shape index (κ1) is 16.5. The van der Waals surface area contributed by atoms with Crippen LogP contribution in [-0.4, -0.2) is 22.2 Å². The van der Waals surface area contributed by atoms with Crippen LogP contribution in [0.15, 0.2) is 59.3 Å². The second-order valence-corrected chi connectivity index (χ2v) is 5.32. The maximum atomic E-state index is 12.1. The summed E-state index contributed by atoms with van der Waals surface area (Å²) in [5.74, 6) is 2.19. The van der Waals surface area contributed by atoms with Gasteiger partial charge in [0.05, 0.1) is 0 Å². The van der Waals surface area contributed by atoms with Gasteiger partial charge in [-0.2, -0.15) is 0 Å². The molecule has 1 aromatic carbocycles. The third-order valence-electron chi connectivity index (χ3n) is 3.23. The number of anilines is 1. The summed E-state index contributed by atoms with van der Waals surface area (Å²) >= 11 is 0. The number of pyridine rings is 1. The van der Waals surface area contributed by atoms with Crippen molar-refractivity contribution in [3.63, 3.8) is 0 Å². The summed E-state index contributed by atoms with van der Waals surface area (Å²) in [7, 11) is 0. The molecular formula is C18H17N3O4. The van der Waals surface area contributed by atoms with Crippen molar-refractivity contribution < 1.29 is 18.8 Å². The van der Waals surface area contributed by atoms with Crippen molar-refractivity contribution in [1.29, 1.82) is 0 Å². The van der Waals surface area contributed by atoms with Crippen LogP contribution < -0.4 is 14.8 Å². The number of rotatable bonds is 6. The predicted octanol–water partition coefficient (Wildman–Crippen LogP) is 3.58. The van der Waals surface area contributed by atoms with Crippen molar-refractivity contribution in [2.75, 3.05) is 5.32 Å². The number of hydrogen-bond donors (Lipinski definition) is 1. The van der Waals surface area contributed by atoms with Gasteiger partial charge in [-0.15, -0.1) is 0 Å². The molecule has 1 N–H and O–H groups in total. The second kappa shape index (κ2) is 7.48. The molecule has 0 saturated carbocycles. The van der Waals surface area contributed by atoms with Crippen molar-refractivity contribution in [2.45, 2.75) is 20.0 Å². The summed E-state index contributed by atoms with van der Waals surface area (Å²) < 4.78 is 16.2. The minimum Gasteiger partial charge on any atom is -0.481 e. The molecule has 3 rings (SSSR count). The molecule has 128 valence electrons. The van der Waals surface area contributed by atoms with Gasteiger partial charge >= 0.3 is 0 Å². The van der Waals surface area contributed by atoms with Crippen LogP contribution in [0, 0.1) is 6.92 Å². The molecule has 7 nitrogen and oxygen atoms in total. The average Bonchev–Trinajstić information content (AvgIpc) is 3.01. The number of carbonyl (C=O) groups is 1. The number of aryl methyl sites for hydroxylation is 1. The van der Waals surface area contributed by atoms with E-state index in [9.17, 15) is 4.79 Å². The highest BCUT2D eigenvalue weighted by Gasteiger charge is 2.16. The van der Waals surface area contributed by atoms with Crippen molar-refractivity contribution >= 4 is 11.7 Å². The van der Waals surface area contributed by atoms with Crippen LogP contribution in [-0.2, 0) is 4.79 Å². The number of amides is 1. The molecular weight excluding hydrogens is 322 g/mol. The number of carbonyl (C=O) groups excluding carboxylic acids is 1. The van der Waals surface area contributed by atoms with Gasteiger partial charge in [-0.1, -0.05) is 17.3 Å². The molecule has 1 atom stereocenters. The van der Waals surface area contributed by atoms with Gasteiger partial charge in [0.1, 0.15) is 17.3 Å². The van der Waals surface area contributed by atoms with E-state index in [-0.39, 0.29) is 5.91 Å². The van der Waals surface area contributed by atoms with E-state index >= 15 is 0 Å². The van der Waals surface area contributed by atoms with Gasteiger partial charge in [0, 0.05) is 24.4 Å². The quantitative estimate of drug-likeness (QED) is 0.739. The van der Waals surface area contributed by atoms with Gasteiger partial charge in [0.25, 0.3) is 5.91 Å². The fourth-order valence-electron chi connectivity index (χ4n) is 2.05. The van der Waals surface area contributed by atoms with Crippen LogP contribution >= 0.6 is 0 Å². The van der Waals surface area contributed by atoms with Crippen molar-refractivity contribution in [3.8, 4) is 17.4 Å². The number of ether oxygens (including phenoxy) is 2. The van der Waals surface area contributed by atoms with Gasteiger partial charge in [-0.25, -0.2) is 4.98 Å². The Kier molecular flexibility index (Phi) is 4.94. The highest BCUT2D eigenvalue weighted by atomic mass is 16.5. The molecule has 0 bridgehead atoms. The molecule has 0 unspecified atom stereocenters. The molecule has 25 heavy (non-hydrogen) atoms. The summed E-state index contributed by atoms with van der Waals surface area (Å²) in [4.78, 5) is 16.2. The topological polar surface area (TPSA) is 86.5 Å². The van der Waals surface area contributed by atoms with E-state index in [0.29, 0.717) is 29.0 Å². The molecule has 1 amide bonds. The maximum Gasteiger partial charge on any atom is 0.266 e. The summed E-state index contributed by atoms with van der Waals surface area (Å²) in [6, 6.07) is 14.0. The minimum atomic E-state index is -0.720. The van der Waals surface area contributed by atoms with Crippen molar-refractivity contribution in [1.82, 2.24) is 10.1 Å². The molecule has 2 heterocycles. The Hall–Kier alpha value is -3.35. The second-order valence-electron chi connectivity index (χ2n) is 5.32. The third-order valence-corrected chi connectivity index (χ3v) is 3.23. The van der Waals surface area contributed by atoms with E-state index in [1.807, 2.05) is 12.1 Å². The summed E-state index contributed by atoms with van der Waals surface area (Å²) in [5.41, 5.74) is 0. The standard InChI is InChI=1S/C18H17N3O4/c1-12-10-16(21-25-12)20-18(22)13(2)23-14-6-5-7-15(11-14)24-17-8-3-4-9-19-17/h3-11,13H,1-2H3,(H,20,21,22)/t13-/m1/s1. The van der Waals surface area contributed by atoms with E-state index < -0.39 is 6.10 Å². The van der Waals surface area contributed by atoms with Crippen LogP contribution in [0.25, 0.3) is 0 Å². The van der Waals surface area contributed by atoms with E-state index in [1.54, 1.807) is 56.4 Å². The van der Waals surface area contributed by atoms with Crippen LogP contribution in [0.2, 0.25) is 0 Å². The van der Waals surface area contributed by atoms with Crippen LogP contribution in [0.1, 0.15) is 12.7 Å². The normalized spacial score (nSPS) is 11.6. The molecule has 3 aromatic rings. The van der Waals surface area contributed by atoms with Gasteiger partial charge in [-0.3, -0.25) is 4.79 Å². The van der Waals surface area contributed by atoms with Crippen LogP contribution in [0.5, 0.6) is 17.4 Å². The highest BCUT2D eigenvalue weighted by Crippen LogP contribution is 2.24. The van der Waals surface area contributed by atoms with Crippen LogP contribution in [0.3, 0.4) is 0 Å². The molecule has 0 spiro atoms. The lowest BCUT2D eigenvalue weighted by molar-refractivity contribution is -0.122. The highest BCUT2D eigenvalue weighted by molar-refractivity contribution is 5.93. The number of nitrogens with one attached hydrogen (secondary N) is 1. The molecule has 0 aliphatic carbocycles. The van der Waals surface area contributed by atoms with Crippen molar-refractivity contribution in [3.05, 3.63) is 60.5 Å². The first-order chi connectivity index (χ1) is 12.1. The molecule has 0 saturated heterocycles. The van der Waals surface area contributed by atoms with Gasteiger partial charge in [0.2, 0.25) is 5.88 Å². The zero-order valence-electron chi connectivity index (χ0n) is 13.8. The molecule has 0 aliphatic heterocycles. The predicted molar refractivity (Wildman–Crippen MR) is 90.7 cm³/mol. The number of nitrogens with zero attached hydrogens (tertiary/aromatic N) is 2. The Morgan fingerprint density at radius 2 is 2.00 bits per heavy atom. The molecule has 0 radical (unpaired) electrons. The van der Waals surface area contributed by atoms with Crippen LogP contribution in [0.4, 0.5) is 5.82 Å². The molecule has 0 aliphatic rings. The number of benzene rings is 1. The first-order valence-corrected chi connectivity index (χ1v) is 7.70. The number of aromatic nitrogens is 2. The zero-order chi connectivity index (χ0) is 17.6.